The number of hydrogen-bond donors (Lipinski definition) is 3. The summed E-state index contributed by atoms with van der Waals surface area (Å²) in [5.74, 6) is 0.842. The van der Waals surface area contributed by atoms with Gasteiger partial charge in [0.1, 0.15) is 0 Å². The molecule has 6 nitrogen and oxygen atoms in total. The fourth-order valence-corrected chi connectivity index (χ4v) is 4.03. The second kappa shape index (κ2) is 9.62. The zero-order chi connectivity index (χ0) is 20.9. The summed E-state index contributed by atoms with van der Waals surface area (Å²) < 4.78 is 0. The third-order valence-electron chi connectivity index (χ3n) is 5.13. The Morgan fingerprint density at radius 1 is 1.07 bits per heavy atom. The van der Waals surface area contributed by atoms with Crippen molar-refractivity contribution in [3.8, 4) is 11.3 Å². The highest BCUT2D eigenvalue weighted by Gasteiger charge is 2.12. The second-order valence-corrected chi connectivity index (χ2v) is 8.08. The van der Waals surface area contributed by atoms with E-state index in [4.69, 9.17) is 33.9 Å². The third-order valence-corrected chi connectivity index (χ3v) is 5.84. The molecule has 0 saturated carbocycles. The summed E-state index contributed by atoms with van der Waals surface area (Å²) in [7, 11) is 0. The van der Waals surface area contributed by atoms with Gasteiger partial charge in [-0.25, -0.2) is 9.97 Å². The largest absolute Gasteiger partial charge is 0.381 e. The molecule has 30 heavy (non-hydrogen) atoms. The van der Waals surface area contributed by atoms with Crippen molar-refractivity contribution in [3.05, 3.63) is 69.8 Å². The fraction of sp³-hybridized carbons (Fsp3) is 0.273. The van der Waals surface area contributed by atoms with Crippen molar-refractivity contribution in [1.29, 1.82) is 0 Å². The van der Waals surface area contributed by atoms with Gasteiger partial charge in [-0.05, 0) is 23.8 Å². The monoisotopic (exact) mass is 442 g/mol. The number of anilines is 2. The van der Waals surface area contributed by atoms with Crippen molar-refractivity contribution in [2.45, 2.75) is 13.1 Å². The predicted molar refractivity (Wildman–Crippen MR) is 124 cm³/mol. The maximum atomic E-state index is 6.26. The van der Waals surface area contributed by atoms with E-state index in [1.54, 1.807) is 18.3 Å². The molecule has 4 rings (SSSR count). The van der Waals surface area contributed by atoms with Crippen LogP contribution in [-0.4, -0.2) is 41.0 Å². The van der Waals surface area contributed by atoms with E-state index in [1.165, 1.54) is 5.56 Å². The Balaban J connectivity index is 1.52. The van der Waals surface area contributed by atoms with Gasteiger partial charge < -0.3 is 16.4 Å². The summed E-state index contributed by atoms with van der Waals surface area (Å²) in [5, 5.41) is 7.79. The predicted octanol–water partition coefficient (Wildman–Crippen LogP) is 4.05. The van der Waals surface area contributed by atoms with Gasteiger partial charge in [0.2, 0.25) is 0 Å². The van der Waals surface area contributed by atoms with Gasteiger partial charge in [-0.2, -0.15) is 0 Å². The standard InChI is InChI=1S/C22H24Cl2N6/c23-18-5-2-6-19(24)17(18)12-28-22-21(25)27-13-20(29-22)16-4-1-3-15(11-16)14-30-9-7-26-8-10-30/h1-6,11,13,26H,7-10,12,14H2,(H2,25,27)(H,28,29). The molecular weight excluding hydrogens is 419 g/mol. The molecule has 1 aliphatic heterocycles. The van der Waals surface area contributed by atoms with E-state index in [0.717, 1.165) is 49.5 Å². The highest BCUT2D eigenvalue weighted by atomic mass is 35.5. The smallest absolute Gasteiger partial charge is 0.169 e. The van der Waals surface area contributed by atoms with Crippen LogP contribution in [0.4, 0.5) is 11.6 Å². The molecule has 4 N–H and O–H groups in total. The molecule has 1 fully saturated rings. The number of aromatic nitrogens is 2. The molecule has 0 amide bonds. The molecule has 156 valence electrons. The first-order valence-electron chi connectivity index (χ1n) is 9.92. The number of nitrogens with two attached hydrogens (primary N) is 1. The fourth-order valence-electron chi connectivity index (χ4n) is 3.50. The molecule has 0 radical (unpaired) electrons. The van der Waals surface area contributed by atoms with Crippen molar-refractivity contribution >= 4 is 34.8 Å². The van der Waals surface area contributed by atoms with E-state index in [1.807, 2.05) is 12.1 Å². The first-order valence-corrected chi connectivity index (χ1v) is 10.7. The zero-order valence-corrected chi connectivity index (χ0v) is 18.0. The third kappa shape index (κ3) is 5.02. The van der Waals surface area contributed by atoms with Gasteiger partial charge >= 0.3 is 0 Å². The molecule has 0 aliphatic carbocycles. The van der Waals surface area contributed by atoms with Crippen molar-refractivity contribution in [2.75, 3.05) is 37.2 Å². The molecular formula is C22H24Cl2N6. The molecule has 3 aromatic rings. The Kier molecular flexibility index (Phi) is 6.69. The van der Waals surface area contributed by atoms with Crippen LogP contribution in [0, 0.1) is 0 Å². The minimum absolute atomic E-state index is 0.332. The number of benzene rings is 2. The lowest BCUT2D eigenvalue weighted by atomic mass is 10.1. The van der Waals surface area contributed by atoms with E-state index < -0.39 is 0 Å². The quantitative estimate of drug-likeness (QED) is 0.534. The minimum Gasteiger partial charge on any atom is -0.381 e. The van der Waals surface area contributed by atoms with E-state index in [-0.39, 0.29) is 0 Å². The average Bonchev–Trinajstić information content (AvgIpc) is 2.75. The van der Waals surface area contributed by atoms with Crippen LogP contribution < -0.4 is 16.4 Å². The Bertz CT molecular complexity index is 1000. The van der Waals surface area contributed by atoms with E-state index in [9.17, 15) is 0 Å². The molecule has 2 heterocycles. The van der Waals surface area contributed by atoms with Gasteiger partial charge in [-0.15, -0.1) is 0 Å². The second-order valence-electron chi connectivity index (χ2n) is 7.27. The number of nitrogens with zero attached hydrogens (tertiary/aromatic N) is 3. The number of nitrogens with one attached hydrogen (secondary N) is 2. The molecule has 1 aromatic heterocycles. The van der Waals surface area contributed by atoms with E-state index in [2.05, 4.69) is 38.7 Å². The molecule has 0 unspecified atom stereocenters. The van der Waals surface area contributed by atoms with Crippen LogP contribution in [0.15, 0.2) is 48.7 Å². The maximum Gasteiger partial charge on any atom is 0.169 e. The van der Waals surface area contributed by atoms with E-state index >= 15 is 0 Å². The summed E-state index contributed by atoms with van der Waals surface area (Å²) in [6.07, 6.45) is 1.70. The number of hydrogen-bond acceptors (Lipinski definition) is 6. The Labute approximate surface area is 186 Å². The lowest BCUT2D eigenvalue weighted by Crippen LogP contribution is -2.42. The first-order chi connectivity index (χ1) is 14.6. The topological polar surface area (TPSA) is 79.1 Å². The highest BCUT2D eigenvalue weighted by Crippen LogP contribution is 2.27. The molecule has 0 atom stereocenters. The lowest BCUT2D eigenvalue weighted by Gasteiger charge is -2.27. The van der Waals surface area contributed by atoms with Gasteiger partial charge in [0.15, 0.2) is 11.6 Å². The number of piperazine rings is 1. The van der Waals surface area contributed by atoms with E-state index in [0.29, 0.717) is 28.2 Å². The average molecular weight is 443 g/mol. The summed E-state index contributed by atoms with van der Waals surface area (Å²) >= 11 is 12.5. The van der Waals surface area contributed by atoms with Crippen LogP contribution in [0.5, 0.6) is 0 Å². The molecule has 0 bridgehead atoms. The summed E-state index contributed by atoms with van der Waals surface area (Å²) in [5.41, 5.74) is 9.87. The van der Waals surface area contributed by atoms with Gasteiger partial charge in [-0.1, -0.05) is 47.5 Å². The normalized spacial score (nSPS) is 14.6. The Hall–Kier alpha value is -2.38. The molecule has 2 aromatic carbocycles. The van der Waals surface area contributed by atoms with Crippen LogP contribution in [0.2, 0.25) is 10.0 Å². The molecule has 0 spiro atoms. The van der Waals surface area contributed by atoms with Crippen LogP contribution in [-0.2, 0) is 13.1 Å². The molecule has 1 aliphatic rings. The summed E-state index contributed by atoms with van der Waals surface area (Å²) in [4.78, 5) is 11.5. The van der Waals surface area contributed by atoms with Crippen molar-refractivity contribution in [3.63, 3.8) is 0 Å². The first kappa shape index (κ1) is 20.9. The van der Waals surface area contributed by atoms with Crippen molar-refractivity contribution < 1.29 is 0 Å². The summed E-state index contributed by atoms with van der Waals surface area (Å²) in [6, 6.07) is 13.8. The van der Waals surface area contributed by atoms with Crippen LogP contribution in [0.1, 0.15) is 11.1 Å². The number of nitrogen functional groups attached to an aromatic ring is 1. The van der Waals surface area contributed by atoms with Gasteiger partial charge in [0.05, 0.1) is 11.9 Å². The lowest BCUT2D eigenvalue weighted by molar-refractivity contribution is 0.233. The highest BCUT2D eigenvalue weighted by molar-refractivity contribution is 6.36. The van der Waals surface area contributed by atoms with Crippen molar-refractivity contribution in [2.24, 2.45) is 0 Å². The summed E-state index contributed by atoms with van der Waals surface area (Å²) in [6.45, 7) is 5.52. The zero-order valence-electron chi connectivity index (χ0n) is 16.5. The van der Waals surface area contributed by atoms with Gasteiger partial charge in [-0.3, -0.25) is 4.90 Å². The Morgan fingerprint density at radius 3 is 2.57 bits per heavy atom. The minimum atomic E-state index is 0.332. The molecule has 1 saturated heterocycles. The Morgan fingerprint density at radius 2 is 1.80 bits per heavy atom. The number of halogens is 2. The maximum absolute atomic E-state index is 6.26. The van der Waals surface area contributed by atoms with Crippen LogP contribution in [0.3, 0.4) is 0 Å². The van der Waals surface area contributed by atoms with Gasteiger partial charge in [0, 0.05) is 60.4 Å². The van der Waals surface area contributed by atoms with Crippen LogP contribution >= 0.6 is 23.2 Å². The van der Waals surface area contributed by atoms with Crippen LogP contribution in [0.25, 0.3) is 11.3 Å². The number of rotatable bonds is 6. The molecule has 8 heteroatoms. The van der Waals surface area contributed by atoms with Gasteiger partial charge in [0.25, 0.3) is 0 Å². The van der Waals surface area contributed by atoms with Crippen molar-refractivity contribution in [1.82, 2.24) is 20.2 Å². The SMILES string of the molecule is Nc1ncc(-c2cccc(CN3CCNCC3)c2)nc1NCc1c(Cl)cccc1Cl.